The molecule has 1 amide bonds. The Hall–Kier alpha value is -1.38. The first kappa shape index (κ1) is 9.19. The summed E-state index contributed by atoms with van der Waals surface area (Å²) in [4.78, 5) is 17.6. The molecule has 1 saturated heterocycles. The molecule has 2 rings (SSSR count). The van der Waals surface area contributed by atoms with Crippen LogP contribution in [0.5, 0.6) is 0 Å². The first-order valence-corrected chi connectivity index (χ1v) is 5.00. The van der Waals surface area contributed by atoms with Gasteiger partial charge in [-0.3, -0.25) is 9.78 Å². The average Bonchev–Trinajstić information content (AvgIpc) is 2.18. The minimum absolute atomic E-state index is 0.238. The molecule has 3 nitrogen and oxygen atoms in total. The number of aromatic nitrogens is 1. The molecular formula is C11H14N2O. The van der Waals surface area contributed by atoms with Crippen molar-refractivity contribution >= 4 is 11.6 Å². The number of nitrogens with zero attached hydrogens (tertiary/aromatic N) is 2. The maximum absolute atomic E-state index is 11.6. The molecule has 0 unspecified atom stereocenters. The number of piperidine rings is 1. The Morgan fingerprint density at radius 3 is 3.00 bits per heavy atom. The zero-order chi connectivity index (χ0) is 9.97. The van der Waals surface area contributed by atoms with Crippen molar-refractivity contribution in [3.63, 3.8) is 0 Å². The highest BCUT2D eigenvalue weighted by atomic mass is 16.2. The number of carbonyl (C=O) groups is 1. The first-order chi connectivity index (χ1) is 6.77. The van der Waals surface area contributed by atoms with Crippen LogP contribution in [0, 0.1) is 6.92 Å². The molecular weight excluding hydrogens is 176 g/mol. The van der Waals surface area contributed by atoms with E-state index < -0.39 is 0 Å². The summed E-state index contributed by atoms with van der Waals surface area (Å²) in [5.41, 5.74) is 1.95. The van der Waals surface area contributed by atoms with Crippen molar-refractivity contribution in [2.75, 3.05) is 11.4 Å². The molecule has 0 aliphatic carbocycles. The SMILES string of the molecule is Cc1cc(N2CCCCC2=O)ccn1. The summed E-state index contributed by atoms with van der Waals surface area (Å²) in [6.07, 6.45) is 4.57. The van der Waals surface area contributed by atoms with Gasteiger partial charge in [0.2, 0.25) is 5.91 Å². The number of rotatable bonds is 1. The number of pyridine rings is 1. The average molecular weight is 190 g/mol. The van der Waals surface area contributed by atoms with Crippen LogP contribution >= 0.6 is 0 Å². The van der Waals surface area contributed by atoms with E-state index in [2.05, 4.69) is 4.98 Å². The molecule has 2 heterocycles. The van der Waals surface area contributed by atoms with Gasteiger partial charge in [0.1, 0.15) is 0 Å². The summed E-state index contributed by atoms with van der Waals surface area (Å²) >= 11 is 0. The van der Waals surface area contributed by atoms with Gasteiger partial charge in [0.25, 0.3) is 0 Å². The van der Waals surface area contributed by atoms with Crippen molar-refractivity contribution in [3.05, 3.63) is 24.0 Å². The van der Waals surface area contributed by atoms with Crippen LogP contribution in [0.2, 0.25) is 0 Å². The molecule has 14 heavy (non-hydrogen) atoms. The normalized spacial score (nSPS) is 17.2. The molecule has 0 spiro atoms. The molecule has 0 radical (unpaired) electrons. The summed E-state index contributed by atoms with van der Waals surface area (Å²) < 4.78 is 0. The van der Waals surface area contributed by atoms with Gasteiger partial charge in [-0.2, -0.15) is 0 Å². The molecule has 1 aliphatic rings. The fourth-order valence-electron chi connectivity index (χ4n) is 1.78. The van der Waals surface area contributed by atoms with E-state index in [1.165, 1.54) is 0 Å². The van der Waals surface area contributed by atoms with E-state index in [1.54, 1.807) is 6.20 Å². The van der Waals surface area contributed by atoms with Gasteiger partial charge in [0, 0.05) is 30.5 Å². The Balaban J connectivity index is 2.24. The molecule has 1 fully saturated rings. The quantitative estimate of drug-likeness (QED) is 0.677. The minimum atomic E-state index is 0.238. The summed E-state index contributed by atoms with van der Waals surface area (Å²) in [6, 6.07) is 3.86. The third kappa shape index (κ3) is 1.76. The van der Waals surface area contributed by atoms with Crippen molar-refractivity contribution in [1.29, 1.82) is 0 Å². The van der Waals surface area contributed by atoms with E-state index in [-0.39, 0.29) is 5.91 Å². The number of carbonyl (C=O) groups excluding carboxylic acids is 1. The lowest BCUT2D eigenvalue weighted by Crippen LogP contribution is -2.35. The molecule has 1 aromatic rings. The van der Waals surface area contributed by atoms with Crippen molar-refractivity contribution in [1.82, 2.24) is 4.98 Å². The van der Waals surface area contributed by atoms with Crippen LogP contribution in [0.1, 0.15) is 25.0 Å². The monoisotopic (exact) mass is 190 g/mol. The third-order valence-electron chi connectivity index (χ3n) is 2.52. The van der Waals surface area contributed by atoms with Crippen LogP contribution in [0.3, 0.4) is 0 Å². The van der Waals surface area contributed by atoms with E-state index in [9.17, 15) is 4.79 Å². The van der Waals surface area contributed by atoms with Gasteiger partial charge in [0.05, 0.1) is 0 Å². The van der Waals surface area contributed by atoms with E-state index >= 15 is 0 Å². The topological polar surface area (TPSA) is 33.2 Å². The van der Waals surface area contributed by atoms with Gasteiger partial charge in [-0.25, -0.2) is 0 Å². The summed E-state index contributed by atoms with van der Waals surface area (Å²) in [5, 5.41) is 0. The fraction of sp³-hybridized carbons (Fsp3) is 0.455. The summed E-state index contributed by atoms with van der Waals surface area (Å²) in [7, 11) is 0. The fourth-order valence-corrected chi connectivity index (χ4v) is 1.78. The van der Waals surface area contributed by atoms with Crippen LogP contribution in [0.15, 0.2) is 18.3 Å². The molecule has 3 heteroatoms. The lowest BCUT2D eigenvalue weighted by Gasteiger charge is -2.26. The predicted octanol–water partition coefficient (Wildman–Crippen LogP) is 1.91. The largest absolute Gasteiger partial charge is 0.312 e. The van der Waals surface area contributed by atoms with Crippen LogP contribution in [-0.4, -0.2) is 17.4 Å². The van der Waals surface area contributed by atoms with Gasteiger partial charge in [-0.05, 0) is 31.9 Å². The lowest BCUT2D eigenvalue weighted by molar-refractivity contribution is -0.119. The van der Waals surface area contributed by atoms with Crippen molar-refractivity contribution < 1.29 is 4.79 Å². The number of anilines is 1. The number of aryl methyl sites for hydroxylation is 1. The van der Waals surface area contributed by atoms with E-state index in [4.69, 9.17) is 0 Å². The molecule has 1 aliphatic heterocycles. The standard InChI is InChI=1S/C11H14N2O/c1-9-8-10(5-6-12-9)13-7-3-2-4-11(13)14/h5-6,8H,2-4,7H2,1H3. The second-order valence-corrected chi connectivity index (χ2v) is 3.66. The highest BCUT2D eigenvalue weighted by molar-refractivity contribution is 5.93. The van der Waals surface area contributed by atoms with E-state index in [0.29, 0.717) is 6.42 Å². The number of hydrogen-bond donors (Lipinski definition) is 0. The van der Waals surface area contributed by atoms with Crippen molar-refractivity contribution in [2.24, 2.45) is 0 Å². The maximum atomic E-state index is 11.6. The number of hydrogen-bond acceptors (Lipinski definition) is 2. The Kier molecular flexibility index (Phi) is 2.48. The molecule has 0 N–H and O–H groups in total. The molecule has 0 aromatic carbocycles. The van der Waals surface area contributed by atoms with Gasteiger partial charge >= 0.3 is 0 Å². The van der Waals surface area contributed by atoms with Crippen LogP contribution in [0.4, 0.5) is 5.69 Å². The summed E-state index contributed by atoms with van der Waals surface area (Å²) in [5.74, 6) is 0.238. The Labute approximate surface area is 83.8 Å². The van der Waals surface area contributed by atoms with Crippen molar-refractivity contribution in [3.8, 4) is 0 Å². The minimum Gasteiger partial charge on any atom is -0.312 e. The molecule has 0 saturated carbocycles. The molecule has 74 valence electrons. The Morgan fingerprint density at radius 1 is 1.43 bits per heavy atom. The van der Waals surface area contributed by atoms with E-state index in [1.807, 2.05) is 24.0 Å². The highest BCUT2D eigenvalue weighted by Crippen LogP contribution is 2.20. The predicted molar refractivity (Wildman–Crippen MR) is 55.2 cm³/mol. The van der Waals surface area contributed by atoms with Crippen molar-refractivity contribution in [2.45, 2.75) is 26.2 Å². The molecule has 1 aromatic heterocycles. The molecule has 0 bridgehead atoms. The first-order valence-electron chi connectivity index (χ1n) is 5.00. The second kappa shape index (κ2) is 3.78. The maximum Gasteiger partial charge on any atom is 0.226 e. The number of amides is 1. The van der Waals surface area contributed by atoms with Crippen LogP contribution in [-0.2, 0) is 4.79 Å². The third-order valence-corrected chi connectivity index (χ3v) is 2.52. The zero-order valence-electron chi connectivity index (χ0n) is 8.36. The van der Waals surface area contributed by atoms with Gasteiger partial charge in [0.15, 0.2) is 0 Å². The second-order valence-electron chi connectivity index (χ2n) is 3.66. The van der Waals surface area contributed by atoms with E-state index in [0.717, 1.165) is 30.8 Å². The smallest absolute Gasteiger partial charge is 0.226 e. The highest BCUT2D eigenvalue weighted by Gasteiger charge is 2.19. The van der Waals surface area contributed by atoms with Gasteiger partial charge in [-0.15, -0.1) is 0 Å². The van der Waals surface area contributed by atoms with Crippen LogP contribution < -0.4 is 4.90 Å². The van der Waals surface area contributed by atoms with Gasteiger partial charge < -0.3 is 4.90 Å². The zero-order valence-corrected chi connectivity index (χ0v) is 8.36. The molecule has 0 atom stereocenters. The van der Waals surface area contributed by atoms with Gasteiger partial charge in [-0.1, -0.05) is 0 Å². The Morgan fingerprint density at radius 2 is 2.29 bits per heavy atom. The lowest BCUT2D eigenvalue weighted by atomic mass is 10.1. The Bertz CT molecular complexity index is 349. The summed E-state index contributed by atoms with van der Waals surface area (Å²) in [6.45, 7) is 2.79. The van der Waals surface area contributed by atoms with Crippen LogP contribution in [0.25, 0.3) is 0 Å².